The number of esters is 2. The van der Waals surface area contributed by atoms with Crippen molar-refractivity contribution in [2.75, 3.05) is 31.2 Å². The topological polar surface area (TPSA) is 82.9 Å². The maximum Gasteiger partial charge on any atom is 0.341 e. The van der Waals surface area contributed by atoms with Crippen molar-refractivity contribution >= 4 is 28.5 Å². The number of fused-ring (bicyclic) bond motifs is 2. The van der Waals surface area contributed by atoms with Crippen LogP contribution in [0.3, 0.4) is 0 Å². The van der Waals surface area contributed by atoms with Crippen molar-refractivity contribution in [3.8, 4) is 5.75 Å². The number of nitrogens with zero attached hydrogens (tertiary/aromatic N) is 3. The van der Waals surface area contributed by atoms with Gasteiger partial charge in [0.25, 0.3) is 0 Å². The Morgan fingerprint density at radius 2 is 1.80 bits per heavy atom. The van der Waals surface area contributed by atoms with Crippen LogP contribution in [0.1, 0.15) is 79.3 Å². The number of hydrogen-bond acceptors (Lipinski definition) is 7. The first kappa shape index (κ1) is 31.8. The summed E-state index contributed by atoms with van der Waals surface area (Å²) in [5.41, 5.74) is 4.15. The van der Waals surface area contributed by atoms with Gasteiger partial charge in [-0.15, -0.1) is 0 Å². The summed E-state index contributed by atoms with van der Waals surface area (Å²) in [5, 5.41) is 0.977. The van der Waals surface area contributed by atoms with Crippen LogP contribution in [0.4, 0.5) is 5.69 Å². The molecule has 0 spiro atoms. The Morgan fingerprint density at radius 1 is 1.04 bits per heavy atom. The molecule has 8 nitrogen and oxygen atoms in total. The Bertz CT molecular complexity index is 1680. The lowest BCUT2D eigenvalue weighted by molar-refractivity contribution is -0.138. The van der Waals surface area contributed by atoms with Gasteiger partial charge in [0.2, 0.25) is 5.60 Å². The molecule has 1 unspecified atom stereocenters. The van der Waals surface area contributed by atoms with E-state index in [4.69, 9.17) is 19.2 Å². The Morgan fingerprint density at radius 3 is 2.51 bits per heavy atom. The number of anilines is 1. The minimum atomic E-state index is -1.37. The molecule has 0 saturated heterocycles. The van der Waals surface area contributed by atoms with Crippen molar-refractivity contribution in [2.45, 2.75) is 65.5 Å². The quantitative estimate of drug-likeness (QED) is 0.0792. The molecule has 45 heavy (non-hydrogen) atoms. The number of aryl methyl sites for hydroxylation is 1. The van der Waals surface area contributed by atoms with Crippen LogP contribution >= 0.6 is 0 Å². The number of carbonyl (C=O) groups is 2. The van der Waals surface area contributed by atoms with E-state index in [2.05, 4.69) is 61.9 Å². The van der Waals surface area contributed by atoms with Crippen molar-refractivity contribution in [2.24, 2.45) is 0 Å². The van der Waals surface area contributed by atoms with E-state index in [0.717, 1.165) is 79.2 Å². The van der Waals surface area contributed by atoms with Gasteiger partial charge in [-0.05, 0) is 57.0 Å². The van der Waals surface area contributed by atoms with Gasteiger partial charge < -0.3 is 23.7 Å². The monoisotopic (exact) mass is 609 g/mol. The number of cyclic esters (lactones) is 1. The maximum absolute atomic E-state index is 13.7. The Kier molecular flexibility index (Phi) is 9.91. The van der Waals surface area contributed by atoms with E-state index in [1.54, 1.807) is 18.3 Å². The van der Waals surface area contributed by atoms with Gasteiger partial charge >= 0.3 is 11.9 Å². The molecule has 0 fully saturated rings. The maximum atomic E-state index is 13.7. The van der Waals surface area contributed by atoms with Gasteiger partial charge in [-0.3, -0.25) is 4.98 Å². The van der Waals surface area contributed by atoms with Crippen LogP contribution in [0.2, 0.25) is 0 Å². The van der Waals surface area contributed by atoms with Gasteiger partial charge in [0.15, 0.2) is 0 Å². The summed E-state index contributed by atoms with van der Waals surface area (Å²) in [5.74, 6) is -0.410. The zero-order valence-electron chi connectivity index (χ0n) is 26.8. The summed E-state index contributed by atoms with van der Waals surface area (Å²) in [7, 11) is 0. The van der Waals surface area contributed by atoms with Gasteiger partial charge in [0, 0.05) is 71.4 Å². The average Bonchev–Trinajstić information content (AvgIpc) is 3.53. The molecule has 0 bridgehead atoms. The van der Waals surface area contributed by atoms with E-state index in [1.807, 2.05) is 24.3 Å². The summed E-state index contributed by atoms with van der Waals surface area (Å²) in [6, 6.07) is 17.8. The second-order valence-electron chi connectivity index (χ2n) is 11.3. The lowest BCUT2D eigenvalue weighted by Crippen LogP contribution is -2.32. The Hall–Kier alpha value is -4.59. The highest BCUT2D eigenvalue weighted by molar-refractivity contribution is 5.98. The SMILES string of the molecule is C=CC(=O)OCCOc1cc(N(CCCC)CCCC)ccc1C1(c2c(C)n(CC)c3ccccc23)OC(=O)c2cccnc21. The van der Waals surface area contributed by atoms with E-state index in [0.29, 0.717) is 22.6 Å². The zero-order valence-corrected chi connectivity index (χ0v) is 26.8. The summed E-state index contributed by atoms with van der Waals surface area (Å²) in [4.78, 5) is 32.6. The first-order valence-corrected chi connectivity index (χ1v) is 16.0. The number of rotatable bonds is 15. The fourth-order valence-corrected chi connectivity index (χ4v) is 6.40. The summed E-state index contributed by atoms with van der Waals surface area (Å²) in [6.07, 6.45) is 7.13. The molecule has 0 radical (unpaired) electrons. The van der Waals surface area contributed by atoms with E-state index >= 15 is 0 Å². The molecule has 2 aromatic carbocycles. The van der Waals surface area contributed by atoms with E-state index in [1.165, 1.54) is 0 Å². The molecular weight excluding hydrogens is 566 g/mol. The second kappa shape index (κ2) is 14.0. The first-order valence-electron chi connectivity index (χ1n) is 16.0. The van der Waals surface area contributed by atoms with E-state index in [-0.39, 0.29) is 13.2 Å². The fourth-order valence-electron chi connectivity index (χ4n) is 6.40. The third-order valence-electron chi connectivity index (χ3n) is 8.53. The molecule has 0 N–H and O–H groups in total. The van der Waals surface area contributed by atoms with Gasteiger partial charge in [-0.2, -0.15) is 0 Å². The van der Waals surface area contributed by atoms with Crippen LogP contribution in [0.5, 0.6) is 5.75 Å². The molecule has 3 heterocycles. The number of benzene rings is 2. The molecule has 0 aliphatic carbocycles. The van der Waals surface area contributed by atoms with Crippen LogP contribution in [0.15, 0.2) is 73.4 Å². The number of pyridine rings is 1. The smallest absolute Gasteiger partial charge is 0.341 e. The summed E-state index contributed by atoms with van der Waals surface area (Å²) < 4.78 is 20.5. The molecule has 236 valence electrons. The second-order valence-corrected chi connectivity index (χ2v) is 11.3. The van der Waals surface area contributed by atoms with Crippen LogP contribution in [-0.2, 0) is 26.4 Å². The molecule has 1 aliphatic rings. The van der Waals surface area contributed by atoms with Crippen LogP contribution in [0.25, 0.3) is 10.9 Å². The number of ether oxygens (including phenoxy) is 3. The predicted octanol–water partition coefficient (Wildman–Crippen LogP) is 7.34. The molecule has 8 heteroatoms. The lowest BCUT2D eigenvalue weighted by Gasteiger charge is -2.33. The minimum absolute atomic E-state index is 0.0414. The zero-order chi connectivity index (χ0) is 32.0. The fraction of sp³-hybridized carbons (Fsp3) is 0.378. The third-order valence-corrected chi connectivity index (χ3v) is 8.53. The van der Waals surface area contributed by atoms with Crippen molar-refractivity contribution in [3.63, 3.8) is 0 Å². The van der Waals surface area contributed by atoms with Gasteiger partial charge in [-0.1, -0.05) is 51.5 Å². The average molecular weight is 610 g/mol. The largest absolute Gasteiger partial charge is 0.489 e. The van der Waals surface area contributed by atoms with Crippen molar-refractivity contribution in [1.82, 2.24) is 9.55 Å². The molecule has 2 aromatic heterocycles. The van der Waals surface area contributed by atoms with Gasteiger partial charge in [-0.25, -0.2) is 9.59 Å². The minimum Gasteiger partial charge on any atom is -0.489 e. The van der Waals surface area contributed by atoms with Gasteiger partial charge in [0.05, 0.1) is 5.56 Å². The lowest BCUT2D eigenvalue weighted by atomic mass is 9.80. The molecule has 1 aliphatic heterocycles. The van der Waals surface area contributed by atoms with E-state index in [9.17, 15) is 9.59 Å². The van der Waals surface area contributed by atoms with Crippen molar-refractivity contribution in [3.05, 3.63) is 102 Å². The number of aromatic nitrogens is 2. The van der Waals surface area contributed by atoms with Gasteiger partial charge in [0.1, 0.15) is 24.7 Å². The molecule has 1 atom stereocenters. The van der Waals surface area contributed by atoms with Crippen LogP contribution in [0, 0.1) is 6.92 Å². The molecule has 0 saturated carbocycles. The highest BCUT2D eigenvalue weighted by Gasteiger charge is 2.54. The standard InChI is InChI=1S/C37H43N3O5/c1-6-10-21-39(22-11-7-2)27-18-19-30(32(25-27)43-23-24-44-33(41)8-3)37(35-29(36(42)45-37)16-14-20-38-35)34-26(5)40(9-4)31-17-13-12-15-28(31)34/h8,12-20,25H,3,6-7,9-11,21-24H2,1-2,4-5H3. The molecule has 4 aromatic rings. The number of hydrogen-bond donors (Lipinski definition) is 0. The number of carbonyl (C=O) groups excluding carboxylic acids is 2. The highest BCUT2D eigenvalue weighted by Crippen LogP contribution is 2.52. The molecule has 5 rings (SSSR count). The molecule has 0 amide bonds. The first-order chi connectivity index (χ1) is 21.9. The number of unbranched alkanes of at least 4 members (excludes halogenated alkanes) is 2. The van der Waals surface area contributed by atoms with Crippen molar-refractivity contribution < 1.29 is 23.8 Å². The highest BCUT2D eigenvalue weighted by atomic mass is 16.6. The van der Waals surface area contributed by atoms with Crippen molar-refractivity contribution in [1.29, 1.82) is 0 Å². The normalized spacial score (nSPS) is 15.5. The third kappa shape index (κ3) is 5.93. The molecular formula is C37H43N3O5. The summed E-state index contributed by atoms with van der Waals surface area (Å²) in [6.45, 7) is 14.8. The van der Waals surface area contributed by atoms with Crippen LogP contribution in [-0.4, -0.2) is 47.8 Å². The predicted molar refractivity (Wildman–Crippen MR) is 177 cm³/mol. The number of para-hydroxylation sites is 1. The Balaban J connectivity index is 1.76. The summed E-state index contributed by atoms with van der Waals surface area (Å²) >= 11 is 0. The van der Waals surface area contributed by atoms with Crippen LogP contribution < -0.4 is 9.64 Å². The Labute approximate surface area is 265 Å². The van der Waals surface area contributed by atoms with E-state index < -0.39 is 17.5 Å².